The van der Waals surface area contributed by atoms with Gasteiger partial charge in [0, 0.05) is 24.3 Å². The third kappa shape index (κ3) is 4.56. The van der Waals surface area contributed by atoms with Crippen molar-refractivity contribution in [2.75, 3.05) is 24.7 Å². The Labute approximate surface area is 123 Å². The number of halogens is 1. The fourth-order valence-corrected chi connectivity index (χ4v) is 1.89. The predicted molar refractivity (Wildman–Crippen MR) is 76.2 cm³/mol. The molecule has 2 rings (SSSR count). The van der Waals surface area contributed by atoms with E-state index in [2.05, 4.69) is 10.3 Å². The maximum Gasteiger partial charge on any atom is 0.413 e. The summed E-state index contributed by atoms with van der Waals surface area (Å²) in [6, 6.07) is 3.10. The lowest BCUT2D eigenvalue weighted by Crippen LogP contribution is -2.43. The summed E-state index contributed by atoms with van der Waals surface area (Å²) in [4.78, 5) is 17.3. The van der Waals surface area contributed by atoms with Gasteiger partial charge in [-0.1, -0.05) is 0 Å². The van der Waals surface area contributed by atoms with E-state index in [9.17, 15) is 9.18 Å². The maximum absolute atomic E-state index is 13.8. The Morgan fingerprint density at radius 3 is 3.00 bits per heavy atom. The van der Waals surface area contributed by atoms with Crippen LogP contribution in [0.5, 0.6) is 5.75 Å². The zero-order chi connectivity index (χ0) is 15.5. The van der Waals surface area contributed by atoms with Gasteiger partial charge in [0.1, 0.15) is 11.6 Å². The number of aromatic nitrogens is 1. The van der Waals surface area contributed by atoms with Crippen molar-refractivity contribution in [1.82, 2.24) is 10.3 Å². The molecular formula is C14H20FN3O3. The van der Waals surface area contributed by atoms with Gasteiger partial charge in [-0.2, -0.15) is 0 Å². The quantitative estimate of drug-likeness (QED) is 0.847. The maximum atomic E-state index is 13.8. The van der Waals surface area contributed by atoms with Gasteiger partial charge in [0.25, 0.3) is 0 Å². The lowest BCUT2D eigenvalue weighted by atomic mass is 10.1. The van der Waals surface area contributed by atoms with Crippen molar-refractivity contribution >= 4 is 11.9 Å². The fourth-order valence-electron chi connectivity index (χ4n) is 1.89. The molecule has 1 fully saturated rings. The van der Waals surface area contributed by atoms with Crippen LogP contribution in [0.15, 0.2) is 18.3 Å². The Kier molecular flexibility index (Phi) is 4.62. The second-order valence-electron chi connectivity index (χ2n) is 5.82. The van der Waals surface area contributed by atoms with Gasteiger partial charge in [-0.05, 0) is 26.8 Å². The van der Waals surface area contributed by atoms with Gasteiger partial charge < -0.3 is 19.7 Å². The molecule has 0 aromatic carbocycles. The first-order valence-corrected chi connectivity index (χ1v) is 6.80. The highest BCUT2D eigenvalue weighted by atomic mass is 19.1. The van der Waals surface area contributed by atoms with Crippen molar-refractivity contribution in [3.63, 3.8) is 0 Å². The van der Waals surface area contributed by atoms with Crippen molar-refractivity contribution in [3.05, 3.63) is 18.3 Å². The van der Waals surface area contributed by atoms with Crippen LogP contribution in [0.25, 0.3) is 0 Å². The molecule has 1 aromatic rings. The summed E-state index contributed by atoms with van der Waals surface area (Å²) >= 11 is 0. The van der Waals surface area contributed by atoms with E-state index >= 15 is 0 Å². The number of amides is 1. The number of ether oxygens (including phenoxy) is 2. The summed E-state index contributed by atoms with van der Waals surface area (Å²) in [5.41, 5.74) is -0.388. The number of alkyl halides is 1. The predicted octanol–water partition coefficient (Wildman–Crippen LogP) is 2.10. The van der Waals surface area contributed by atoms with Crippen LogP contribution in [-0.2, 0) is 4.74 Å². The number of carbonyl (C=O) groups is 1. The normalized spacial score (nSPS) is 19.2. The first-order valence-electron chi connectivity index (χ1n) is 6.80. The molecule has 1 atom stereocenters. The van der Waals surface area contributed by atoms with E-state index in [1.165, 1.54) is 11.1 Å². The van der Waals surface area contributed by atoms with Crippen molar-refractivity contribution in [2.24, 2.45) is 0 Å². The van der Waals surface area contributed by atoms with Gasteiger partial charge in [-0.15, -0.1) is 0 Å². The molecule has 6 nitrogen and oxygen atoms in total. The number of nitrogens with zero attached hydrogens (tertiary/aromatic N) is 2. The molecule has 116 valence electrons. The van der Waals surface area contributed by atoms with Crippen molar-refractivity contribution < 1.29 is 18.7 Å². The average molecular weight is 297 g/mol. The monoisotopic (exact) mass is 297 g/mol. The number of anilines is 1. The first kappa shape index (κ1) is 15.5. The number of morpholine rings is 1. The number of rotatable bonds is 2. The molecule has 0 saturated carbocycles. The molecule has 7 heteroatoms. The van der Waals surface area contributed by atoms with Crippen LogP contribution in [0.4, 0.5) is 15.0 Å². The van der Waals surface area contributed by atoms with E-state index in [4.69, 9.17) is 9.47 Å². The summed E-state index contributed by atoms with van der Waals surface area (Å²) < 4.78 is 24.0. The Bertz CT molecular complexity index is 504. The SMILES string of the molecule is CC(C)(C)NC(=O)Oc1ccnc(N2CCOCC2F)c1. The fraction of sp³-hybridized carbons (Fsp3) is 0.571. The first-order chi connectivity index (χ1) is 9.85. The summed E-state index contributed by atoms with van der Waals surface area (Å²) in [7, 11) is 0. The lowest BCUT2D eigenvalue weighted by Gasteiger charge is -2.31. The zero-order valence-electron chi connectivity index (χ0n) is 12.4. The molecule has 0 bridgehead atoms. The standard InChI is InChI=1S/C14H20FN3O3/c1-14(2,3)17-13(19)21-10-4-5-16-12(8-10)18-6-7-20-9-11(18)15/h4-5,8,11H,6-7,9H2,1-3H3,(H,17,19). The number of carbonyl (C=O) groups excluding carboxylic acids is 1. The number of nitrogens with one attached hydrogen (secondary N) is 1. The highest BCUT2D eigenvalue weighted by molar-refractivity contribution is 5.71. The molecule has 0 spiro atoms. The van der Waals surface area contributed by atoms with Crippen LogP contribution in [0.1, 0.15) is 20.8 Å². The number of hydrogen-bond acceptors (Lipinski definition) is 5. The topological polar surface area (TPSA) is 63.7 Å². The summed E-state index contributed by atoms with van der Waals surface area (Å²) in [6.07, 6.45) is -0.319. The highest BCUT2D eigenvalue weighted by Crippen LogP contribution is 2.22. The average Bonchev–Trinajstić information content (AvgIpc) is 2.37. The van der Waals surface area contributed by atoms with Gasteiger partial charge in [0.15, 0.2) is 6.30 Å². The highest BCUT2D eigenvalue weighted by Gasteiger charge is 2.24. The van der Waals surface area contributed by atoms with Crippen molar-refractivity contribution in [3.8, 4) is 5.75 Å². The third-order valence-electron chi connectivity index (χ3n) is 2.77. The van der Waals surface area contributed by atoms with E-state index < -0.39 is 12.4 Å². The van der Waals surface area contributed by atoms with Gasteiger partial charge in [0.05, 0.1) is 13.2 Å². The largest absolute Gasteiger partial charge is 0.413 e. The zero-order valence-corrected chi connectivity index (χ0v) is 12.4. The molecule has 1 aliphatic rings. The summed E-state index contributed by atoms with van der Waals surface area (Å²) in [5, 5.41) is 2.69. The molecule has 0 aliphatic carbocycles. The molecule has 21 heavy (non-hydrogen) atoms. The van der Waals surface area contributed by atoms with Gasteiger partial charge >= 0.3 is 6.09 Å². The Morgan fingerprint density at radius 1 is 1.57 bits per heavy atom. The van der Waals surface area contributed by atoms with Gasteiger partial charge in [-0.3, -0.25) is 0 Å². The van der Waals surface area contributed by atoms with E-state index in [0.717, 1.165) is 0 Å². The molecule has 1 saturated heterocycles. The van der Waals surface area contributed by atoms with Gasteiger partial charge in [-0.25, -0.2) is 14.2 Å². The van der Waals surface area contributed by atoms with Crippen LogP contribution in [0, 0.1) is 0 Å². The van der Waals surface area contributed by atoms with E-state index in [-0.39, 0.29) is 12.1 Å². The molecular weight excluding hydrogens is 277 g/mol. The van der Waals surface area contributed by atoms with E-state index in [1.807, 2.05) is 20.8 Å². The smallest absolute Gasteiger partial charge is 0.410 e. The Morgan fingerprint density at radius 2 is 2.33 bits per heavy atom. The molecule has 1 aromatic heterocycles. The minimum Gasteiger partial charge on any atom is -0.410 e. The van der Waals surface area contributed by atoms with Crippen molar-refractivity contribution in [1.29, 1.82) is 0 Å². The Hall–Kier alpha value is -1.89. The minimum absolute atomic E-state index is 0.0112. The van der Waals surface area contributed by atoms with Crippen LogP contribution in [0.3, 0.4) is 0 Å². The Balaban J connectivity index is 2.05. The van der Waals surface area contributed by atoms with E-state index in [1.54, 1.807) is 12.1 Å². The van der Waals surface area contributed by atoms with Gasteiger partial charge in [0.2, 0.25) is 0 Å². The molecule has 2 heterocycles. The second kappa shape index (κ2) is 6.26. The third-order valence-corrected chi connectivity index (χ3v) is 2.77. The van der Waals surface area contributed by atoms with Crippen LogP contribution in [-0.4, -0.2) is 42.7 Å². The second-order valence-corrected chi connectivity index (χ2v) is 5.82. The summed E-state index contributed by atoms with van der Waals surface area (Å²) in [6.45, 7) is 6.43. The van der Waals surface area contributed by atoms with Crippen molar-refractivity contribution in [2.45, 2.75) is 32.6 Å². The van der Waals surface area contributed by atoms with Crippen LogP contribution >= 0.6 is 0 Å². The summed E-state index contributed by atoms with van der Waals surface area (Å²) in [5.74, 6) is 0.743. The molecule has 0 radical (unpaired) electrons. The minimum atomic E-state index is -1.25. The molecule has 1 amide bonds. The number of hydrogen-bond donors (Lipinski definition) is 1. The van der Waals surface area contributed by atoms with Crippen LogP contribution in [0.2, 0.25) is 0 Å². The molecule has 1 unspecified atom stereocenters. The molecule has 1 aliphatic heterocycles. The lowest BCUT2D eigenvalue weighted by molar-refractivity contribution is 0.0491. The van der Waals surface area contributed by atoms with Crippen LogP contribution < -0.4 is 15.0 Å². The molecule has 1 N–H and O–H groups in total. The number of pyridine rings is 1. The van der Waals surface area contributed by atoms with E-state index in [0.29, 0.717) is 24.7 Å².